The van der Waals surface area contributed by atoms with Gasteiger partial charge in [0.05, 0.1) is 17.2 Å². The molecule has 0 bridgehead atoms. The number of carbonyl (C=O) groups excluding carboxylic acids is 1. The van der Waals surface area contributed by atoms with Gasteiger partial charge in [-0.3, -0.25) is 4.79 Å². The van der Waals surface area contributed by atoms with Crippen LogP contribution in [0, 0.1) is 0 Å². The minimum atomic E-state index is -0.168. The number of hydrogen-bond donors (Lipinski definition) is 1. The zero-order valence-electron chi connectivity index (χ0n) is 17.4. The molecule has 1 aliphatic rings. The lowest BCUT2D eigenvalue weighted by atomic mass is 10.2. The van der Waals surface area contributed by atoms with E-state index in [1.165, 1.54) is 11.8 Å². The van der Waals surface area contributed by atoms with Crippen LogP contribution in [0.3, 0.4) is 0 Å². The van der Waals surface area contributed by atoms with E-state index >= 15 is 0 Å². The molecule has 1 fully saturated rings. The van der Waals surface area contributed by atoms with Crippen LogP contribution in [0.25, 0.3) is 6.08 Å². The molecule has 1 heterocycles. The second-order valence-corrected chi connectivity index (χ2v) is 8.30. The number of nitrogens with zero attached hydrogens (tertiary/aromatic N) is 1. The molecule has 1 amide bonds. The van der Waals surface area contributed by atoms with Crippen molar-refractivity contribution in [1.82, 2.24) is 5.32 Å². The summed E-state index contributed by atoms with van der Waals surface area (Å²) < 4.78 is 11.2. The quantitative estimate of drug-likeness (QED) is 0.422. The fourth-order valence-electron chi connectivity index (χ4n) is 2.97. The number of amidine groups is 1. The molecule has 0 saturated carbocycles. The Morgan fingerprint density at radius 3 is 2.38 bits per heavy atom. The number of benzene rings is 3. The Balaban J connectivity index is 1.39. The smallest absolute Gasteiger partial charge is 0.264 e. The first-order valence-corrected chi connectivity index (χ1v) is 11.3. The highest BCUT2D eigenvalue weighted by Crippen LogP contribution is 2.29. The molecule has 0 aromatic heterocycles. The molecule has 7 heteroatoms. The van der Waals surface area contributed by atoms with E-state index in [0.717, 1.165) is 28.3 Å². The molecule has 4 rings (SSSR count). The van der Waals surface area contributed by atoms with Gasteiger partial charge < -0.3 is 14.8 Å². The largest absolute Gasteiger partial charge is 0.494 e. The number of nitrogens with one attached hydrogen (secondary N) is 1. The Kier molecular flexibility index (Phi) is 7.14. The van der Waals surface area contributed by atoms with Gasteiger partial charge in [-0.15, -0.1) is 0 Å². The van der Waals surface area contributed by atoms with Gasteiger partial charge in [-0.2, -0.15) is 0 Å². The van der Waals surface area contributed by atoms with Crippen molar-refractivity contribution in [2.24, 2.45) is 4.99 Å². The summed E-state index contributed by atoms with van der Waals surface area (Å²) in [4.78, 5) is 17.4. The summed E-state index contributed by atoms with van der Waals surface area (Å²) in [6.07, 6.45) is 1.83. The predicted molar refractivity (Wildman–Crippen MR) is 131 cm³/mol. The summed E-state index contributed by atoms with van der Waals surface area (Å²) in [7, 11) is 0. The number of amides is 1. The van der Waals surface area contributed by atoms with Crippen LogP contribution >= 0.6 is 23.4 Å². The Bertz CT molecular complexity index is 1160. The van der Waals surface area contributed by atoms with E-state index in [9.17, 15) is 4.79 Å². The molecule has 162 valence electrons. The second kappa shape index (κ2) is 10.4. The van der Waals surface area contributed by atoms with E-state index in [2.05, 4.69) is 10.3 Å². The molecule has 32 heavy (non-hydrogen) atoms. The number of aliphatic imine (C=N–C) groups is 1. The van der Waals surface area contributed by atoms with Gasteiger partial charge in [-0.05, 0) is 72.8 Å². The highest BCUT2D eigenvalue weighted by atomic mass is 35.5. The monoisotopic (exact) mass is 464 g/mol. The van der Waals surface area contributed by atoms with Gasteiger partial charge in [0.2, 0.25) is 0 Å². The molecule has 0 unspecified atom stereocenters. The van der Waals surface area contributed by atoms with Crippen LogP contribution in [0.5, 0.6) is 11.5 Å². The van der Waals surface area contributed by atoms with Crippen molar-refractivity contribution < 1.29 is 14.3 Å². The number of rotatable bonds is 7. The molecule has 3 aromatic rings. The molecule has 0 atom stereocenters. The molecule has 1 saturated heterocycles. The number of halogens is 1. The van der Waals surface area contributed by atoms with E-state index in [4.69, 9.17) is 21.1 Å². The Morgan fingerprint density at radius 1 is 0.969 bits per heavy atom. The molecular weight excluding hydrogens is 444 g/mol. The minimum Gasteiger partial charge on any atom is -0.494 e. The molecule has 0 spiro atoms. The van der Waals surface area contributed by atoms with Crippen molar-refractivity contribution in [3.05, 3.63) is 93.9 Å². The lowest BCUT2D eigenvalue weighted by Gasteiger charge is -2.08. The van der Waals surface area contributed by atoms with Gasteiger partial charge in [-0.25, -0.2) is 4.99 Å². The van der Waals surface area contributed by atoms with Gasteiger partial charge in [0, 0.05) is 10.6 Å². The van der Waals surface area contributed by atoms with Crippen LogP contribution in [0.2, 0.25) is 5.02 Å². The van der Waals surface area contributed by atoms with E-state index in [1.54, 1.807) is 0 Å². The van der Waals surface area contributed by atoms with Crippen LogP contribution in [-0.2, 0) is 11.4 Å². The molecule has 5 nitrogen and oxygen atoms in total. The molecular formula is C25H21ClN2O3S. The third-order valence-corrected chi connectivity index (χ3v) is 5.84. The molecule has 1 aliphatic heterocycles. The van der Waals surface area contributed by atoms with Gasteiger partial charge in [0.15, 0.2) is 5.17 Å². The van der Waals surface area contributed by atoms with Crippen LogP contribution in [0.4, 0.5) is 5.69 Å². The third kappa shape index (κ3) is 5.72. The fourth-order valence-corrected chi connectivity index (χ4v) is 4.00. The van der Waals surface area contributed by atoms with Crippen molar-refractivity contribution >= 4 is 46.2 Å². The third-order valence-electron chi connectivity index (χ3n) is 4.56. The summed E-state index contributed by atoms with van der Waals surface area (Å²) in [5.41, 5.74) is 2.58. The lowest BCUT2D eigenvalue weighted by molar-refractivity contribution is -0.115. The SMILES string of the molecule is CCOc1ccc(N=C2NC(=O)/C(=C\c3ccc(OCc4ccccc4Cl)cc3)S2)cc1. The van der Waals surface area contributed by atoms with E-state index in [1.807, 2.05) is 85.8 Å². The molecule has 1 N–H and O–H groups in total. The number of carbonyl (C=O) groups is 1. The molecule has 0 aliphatic carbocycles. The standard InChI is InChI=1S/C25H21ClN2O3S/c1-2-30-20-13-9-19(10-14-20)27-25-28-24(29)23(32-25)15-17-7-11-21(12-8-17)31-16-18-5-3-4-6-22(18)26/h3-15H,2,16H2,1H3,(H,27,28,29)/b23-15+. The summed E-state index contributed by atoms with van der Waals surface area (Å²) in [5, 5.41) is 4.03. The average molecular weight is 465 g/mol. The summed E-state index contributed by atoms with van der Waals surface area (Å²) >= 11 is 7.47. The lowest BCUT2D eigenvalue weighted by Crippen LogP contribution is -2.19. The fraction of sp³-hybridized carbons (Fsp3) is 0.120. The molecule has 0 radical (unpaired) electrons. The van der Waals surface area contributed by atoms with E-state index in [-0.39, 0.29) is 5.91 Å². The van der Waals surface area contributed by atoms with Crippen molar-refractivity contribution in [3.8, 4) is 11.5 Å². The Morgan fingerprint density at radius 2 is 1.66 bits per heavy atom. The van der Waals surface area contributed by atoms with Gasteiger partial charge >= 0.3 is 0 Å². The Hall–Kier alpha value is -3.22. The van der Waals surface area contributed by atoms with Crippen molar-refractivity contribution in [2.45, 2.75) is 13.5 Å². The molecule has 3 aromatic carbocycles. The first-order chi connectivity index (χ1) is 15.6. The maximum atomic E-state index is 12.3. The summed E-state index contributed by atoms with van der Waals surface area (Å²) in [6, 6.07) is 22.6. The Labute approximate surface area is 196 Å². The van der Waals surface area contributed by atoms with E-state index in [0.29, 0.717) is 28.3 Å². The number of ether oxygens (including phenoxy) is 2. The van der Waals surface area contributed by atoms with Crippen molar-refractivity contribution in [1.29, 1.82) is 0 Å². The first-order valence-electron chi connectivity index (χ1n) is 10.1. The zero-order valence-corrected chi connectivity index (χ0v) is 19.0. The van der Waals surface area contributed by atoms with Crippen LogP contribution < -0.4 is 14.8 Å². The van der Waals surface area contributed by atoms with Crippen molar-refractivity contribution in [3.63, 3.8) is 0 Å². The van der Waals surface area contributed by atoms with Gasteiger partial charge in [0.25, 0.3) is 5.91 Å². The highest BCUT2D eigenvalue weighted by Gasteiger charge is 2.23. The van der Waals surface area contributed by atoms with Crippen LogP contribution in [-0.4, -0.2) is 17.7 Å². The van der Waals surface area contributed by atoms with Crippen molar-refractivity contribution in [2.75, 3.05) is 6.61 Å². The summed E-state index contributed by atoms with van der Waals surface area (Å²) in [6.45, 7) is 2.94. The highest BCUT2D eigenvalue weighted by molar-refractivity contribution is 8.18. The average Bonchev–Trinajstić information content (AvgIpc) is 3.14. The number of thioether (sulfide) groups is 1. The first kappa shape index (κ1) is 22.0. The van der Waals surface area contributed by atoms with Gasteiger partial charge in [0.1, 0.15) is 18.1 Å². The minimum absolute atomic E-state index is 0.168. The summed E-state index contributed by atoms with van der Waals surface area (Å²) in [5.74, 6) is 1.35. The maximum Gasteiger partial charge on any atom is 0.264 e. The van der Waals surface area contributed by atoms with E-state index < -0.39 is 0 Å². The maximum absolute atomic E-state index is 12.3. The van der Waals surface area contributed by atoms with Crippen LogP contribution in [0.15, 0.2) is 82.7 Å². The zero-order chi connectivity index (χ0) is 22.3. The normalized spacial score (nSPS) is 15.8. The topological polar surface area (TPSA) is 59.9 Å². The second-order valence-electron chi connectivity index (χ2n) is 6.86. The number of hydrogen-bond acceptors (Lipinski definition) is 5. The van der Waals surface area contributed by atoms with Crippen LogP contribution in [0.1, 0.15) is 18.1 Å². The van der Waals surface area contributed by atoms with Gasteiger partial charge in [-0.1, -0.05) is 41.9 Å². The predicted octanol–water partition coefficient (Wildman–Crippen LogP) is 6.21.